The van der Waals surface area contributed by atoms with Crippen LogP contribution in [0.15, 0.2) is 79.0 Å². The van der Waals surface area contributed by atoms with Crippen molar-refractivity contribution in [2.45, 2.75) is 25.8 Å². The highest BCUT2D eigenvalue weighted by atomic mass is 19.1. The van der Waals surface area contributed by atoms with E-state index in [0.29, 0.717) is 12.8 Å². The number of hydrogen-bond acceptors (Lipinski definition) is 2. The molecule has 0 fully saturated rings. The summed E-state index contributed by atoms with van der Waals surface area (Å²) in [4.78, 5) is 17.3. The molecule has 146 valence electrons. The molecule has 0 saturated heterocycles. The summed E-state index contributed by atoms with van der Waals surface area (Å²) in [5, 5.41) is 3.06. The maximum atomic E-state index is 13.3. The number of aryl methyl sites for hydroxylation is 1. The number of nitrogens with zero attached hydrogens (tertiary/aromatic N) is 2. The Balaban J connectivity index is 1.55. The number of imidazole rings is 1. The second kappa shape index (κ2) is 8.27. The summed E-state index contributed by atoms with van der Waals surface area (Å²) in [7, 11) is 0. The minimum absolute atomic E-state index is 0.0164. The second-order valence-corrected chi connectivity index (χ2v) is 7.04. The van der Waals surface area contributed by atoms with Crippen LogP contribution in [0, 0.1) is 5.82 Å². The van der Waals surface area contributed by atoms with E-state index >= 15 is 0 Å². The van der Waals surface area contributed by atoms with Gasteiger partial charge in [0, 0.05) is 18.2 Å². The Kier molecular flexibility index (Phi) is 5.38. The first-order valence-corrected chi connectivity index (χ1v) is 9.68. The standard InChI is InChI=1S/C24H22FN3O/c1-17(18-7-3-2-4-8-18)26-23(29)15-14-21-24(19-10-12-20(25)13-11-19)27-22-9-5-6-16-28(21)22/h2-13,16-17H,14-15H2,1H3,(H,26,29). The van der Waals surface area contributed by atoms with Crippen LogP contribution < -0.4 is 5.32 Å². The summed E-state index contributed by atoms with van der Waals surface area (Å²) in [6.07, 6.45) is 2.81. The van der Waals surface area contributed by atoms with Gasteiger partial charge in [0.15, 0.2) is 0 Å². The predicted molar refractivity (Wildman–Crippen MR) is 112 cm³/mol. The molecule has 0 bridgehead atoms. The molecule has 0 aliphatic heterocycles. The predicted octanol–water partition coefficient (Wildman–Crippen LogP) is 4.95. The number of amides is 1. The van der Waals surface area contributed by atoms with Crippen LogP contribution in [-0.2, 0) is 11.2 Å². The van der Waals surface area contributed by atoms with Crippen LogP contribution in [0.1, 0.15) is 30.6 Å². The molecule has 4 nitrogen and oxygen atoms in total. The van der Waals surface area contributed by atoms with Crippen molar-refractivity contribution in [1.29, 1.82) is 0 Å². The maximum absolute atomic E-state index is 13.3. The SMILES string of the molecule is CC(NC(=O)CCc1c(-c2ccc(F)cc2)nc2ccccn12)c1ccccc1. The lowest BCUT2D eigenvalue weighted by molar-refractivity contribution is -0.121. The van der Waals surface area contributed by atoms with Crippen LogP contribution in [0.25, 0.3) is 16.9 Å². The number of benzene rings is 2. The molecule has 1 unspecified atom stereocenters. The number of carbonyl (C=O) groups excluding carboxylic acids is 1. The van der Waals surface area contributed by atoms with Gasteiger partial charge in [-0.15, -0.1) is 0 Å². The van der Waals surface area contributed by atoms with E-state index in [0.717, 1.165) is 28.2 Å². The van der Waals surface area contributed by atoms with E-state index < -0.39 is 0 Å². The van der Waals surface area contributed by atoms with Crippen molar-refractivity contribution in [3.05, 3.63) is 96.1 Å². The normalized spacial score (nSPS) is 12.1. The molecule has 0 spiro atoms. The van der Waals surface area contributed by atoms with Crippen LogP contribution in [0.2, 0.25) is 0 Å². The van der Waals surface area contributed by atoms with E-state index in [2.05, 4.69) is 5.32 Å². The fraction of sp³-hybridized carbons (Fsp3) is 0.167. The van der Waals surface area contributed by atoms with Gasteiger partial charge >= 0.3 is 0 Å². The molecular weight excluding hydrogens is 365 g/mol. The molecule has 0 radical (unpaired) electrons. The van der Waals surface area contributed by atoms with Gasteiger partial charge in [0.1, 0.15) is 11.5 Å². The van der Waals surface area contributed by atoms with Crippen LogP contribution in [0.5, 0.6) is 0 Å². The van der Waals surface area contributed by atoms with Crippen molar-refractivity contribution in [3.63, 3.8) is 0 Å². The highest BCUT2D eigenvalue weighted by Crippen LogP contribution is 2.26. The van der Waals surface area contributed by atoms with Gasteiger partial charge in [0.05, 0.1) is 17.4 Å². The van der Waals surface area contributed by atoms with Gasteiger partial charge in [-0.1, -0.05) is 36.4 Å². The topological polar surface area (TPSA) is 46.4 Å². The lowest BCUT2D eigenvalue weighted by Gasteiger charge is -2.14. The molecule has 0 saturated carbocycles. The third-order valence-electron chi connectivity index (χ3n) is 5.01. The minimum Gasteiger partial charge on any atom is -0.350 e. The van der Waals surface area contributed by atoms with Gasteiger partial charge < -0.3 is 9.72 Å². The lowest BCUT2D eigenvalue weighted by Crippen LogP contribution is -2.26. The average Bonchev–Trinajstić information content (AvgIpc) is 3.12. The van der Waals surface area contributed by atoms with Gasteiger partial charge in [0.2, 0.25) is 5.91 Å². The maximum Gasteiger partial charge on any atom is 0.220 e. The smallest absolute Gasteiger partial charge is 0.220 e. The molecule has 1 atom stereocenters. The highest BCUT2D eigenvalue weighted by Gasteiger charge is 2.16. The molecule has 2 aromatic carbocycles. The van der Waals surface area contributed by atoms with E-state index in [9.17, 15) is 9.18 Å². The first-order valence-electron chi connectivity index (χ1n) is 9.68. The molecule has 29 heavy (non-hydrogen) atoms. The number of hydrogen-bond donors (Lipinski definition) is 1. The number of fused-ring (bicyclic) bond motifs is 1. The van der Waals surface area contributed by atoms with Crippen molar-refractivity contribution in [3.8, 4) is 11.3 Å². The Morgan fingerprint density at radius 2 is 1.76 bits per heavy atom. The lowest BCUT2D eigenvalue weighted by atomic mass is 10.1. The molecule has 2 aromatic heterocycles. The third-order valence-corrected chi connectivity index (χ3v) is 5.01. The zero-order chi connectivity index (χ0) is 20.2. The van der Waals surface area contributed by atoms with Crippen LogP contribution in [0.3, 0.4) is 0 Å². The fourth-order valence-corrected chi connectivity index (χ4v) is 3.50. The average molecular weight is 387 g/mol. The highest BCUT2D eigenvalue weighted by molar-refractivity contribution is 5.77. The summed E-state index contributed by atoms with van der Waals surface area (Å²) in [5.41, 5.74) is 4.43. The van der Waals surface area contributed by atoms with E-state index in [1.807, 2.05) is 66.1 Å². The van der Waals surface area contributed by atoms with Gasteiger partial charge in [-0.3, -0.25) is 4.79 Å². The zero-order valence-corrected chi connectivity index (χ0v) is 16.2. The fourth-order valence-electron chi connectivity index (χ4n) is 3.50. The van der Waals surface area contributed by atoms with Crippen LogP contribution >= 0.6 is 0 Å². The number of carbonyl (C=O) groups is 1. The Morgan fingerprint density at radius 1 is 1.03 bits per heavy atom. The molecule has 5 heteroatoms. The Labute approximate surface area is 169 Å². The van der Waals surface area contributed by atoms with Crippen molar-refractivity contribution in [2.24, 2.45) is 0 Å². The summed E-state index contributed by atoms with van der Waals surface area (Å²) < 4.78 is 15.3. The largest absolute Gasteiger partial charge is 0.350 e. The molecular formula is C24H22FN3O. The summed E-state index contributed by atoms with van der Waals surface area (Å²) >= 11 is 0. The van der Waals surface area contributed by atoms with Gasteiger partial charge in [-0.05, 0) is 55.3 Å². The van der Waals surface area contributed by atoms with Crippen molar-refractivity contribution in [2.75, 3.05) is 0 Å². The summed E-state index contributed by atoms with van der Waals surface area (Å²) in [5.74, 6) is -0.300. The van der Waals surface area contributed by atoms with E-state index in [1.165, 1.54) is 12.1 Å². The number of rotatable bonds is 6. The Bertz CT molecular complexity index is 1120. The van der Waals surface area contributed by atoms with Gasteiger partial charge in [-0.25, -0.2) is 9.37 Å². The molecule has 4 aromatic rings. The van der Waals surface area contributed by atoms with Gasteiger partial charge in [-0.2, -0.15) is 0 Å². The van der Waals surface area contributed by atoms with E-state index in [4.69, 9.17) is 4.98 Å². The molecule has 0 aliphatic carbocycles. The van der Waals surface area contributed by atoms with Crippen molar-refractivity contribution < 1.29 is 9.18 Å². The molecule has 4 rings (SSSR count). The molecule has 0 aliphatic rings. The second-order valence-electron chi connectivity index (χ2n) is 7.04. The molecule has 1 amide bonds. The number of halogens is 1. The molecule has 1 N–H and O–H groups in total. The summed E-state index contributed by atoms with van der Waals surface area (Å²) in [6, 6.07) is 21.9. The number of nitrogens with one attached hydrogen (secondary N) is 1. The third kappa shape index (κ3) is 4.19. The monoisotopic (exact) mass is 387 g/mol. The first kappa shape index (κ1) is 18.9. The first-order chi connectivity index (χ1) is 14.1. The number of pyridine rings is 1. The summed E-state index contributed by atoms with van der Waals surface area (Å²) in [6.45, 7) is 1.98. The zero-order valence-electron chi connectivity index (χ0n) is 16.2. The van der Waals surface area contributed by atoms with Crippen LogP contribution in [0.4, 0.5) is 4.39 Å². The van der Waals surface area contributed by atoms with E-state index in [1.54, 1.807) is 12.1 Å². The van der Waals surface area contributed by atoms with E-state index in [-0.39, 0.29) is 17.8 Å². The number of aromatic nitrogens is 2. The minimum atomic E-state index is -0.284. The molecule has 2 heterocycles. The quantitative estimate of drug-likeness (QED) is 0.509. The van der Waals surface area contributed by atoms with Gasteiger partial charge in [0.25, 0.3) is 0 Å². The van der Waals surface area contributed by atoms with Crippen molar-refractivity contribution in [1.82, 2.24) is 14.7 Å². The Morgan fingerprint density at radius 3 is 2.52 bits per heavy atom. The van der Waals surface area contributed by atoms with Crippen molar-refractivity contribution >= 4 is 11.6 Å². The Hall–Kier alpha value is -3.47. The van der Waals surface area contributed by atoms with Crippen LogP contribution in [-0.4, -0.2) is 15.3 Å².